The first-order valence-electron chi connectivity index (χ1n) is 19.6. The van der Waals surface area contributed by atoms with E-state index in [9.17, 15) is 19.2 Å². The predicted octanol–water partition coefficient (Wildman–Crippen LogP) is 3.97. The van der Waals surface area contributed by atoms with Gasteiger partial charge in [-0.1, -0.05) is 17.7 Å². The predicted molar refractivity (Wildman–Crippen MR) is 211 cm³/mol. The second-order valence-corrected chi connectivity index (χ2v) is 16.7. The van der Waals surface area contributed by atoms with E-state index in [0.29, 0.717) is 33.9 Å². The van der Waals surface area contributed by atoms with Crippen LogP contribution >= 0.6 is 11.6 Å². The van der Waals surface area contributed by atoms with Gasteiger partial charge in [-0.25, -0.2) is 9.83 Å². The van der Waals surface area contributed by atoms with Crippen molar-refractivity contribution in [1.29, 1.82) is 0 Å². The highest BCUT2D eigenvalue weighted by atomic mass is 35.5. The van der Waals surface area contributed by atoms with E-state index in [0.717, 1.165) is 112 Å². The minimum atomic E-state index is -0.965. The zero-order valence-electron chi connectivity index (χ0n) is 31.5. The lowest BCUT2D eigenvalue weighted by molar-refractivity contribution is -0.136. The van der Waals surface area contributed by atoms with E-state index >= 15 is 0 Å². The molecule has 14 nitrogen and oxygen atoms in total. The Morgan fingerprint density at radius 3 is 2.34 bits per heavy atom. The number of nitrogens with zero attached hydrogens (tertiary/aromatic N) is 9. The maximum absolute atomic E-state index is 13.3. The second-order valence-electron chi connectivity index (χ2n) is 16.3. The first-order valence-corrected chi connectivity index (χ1v) is 20.0. The first kappa shape index (κ1) is 36.5. The molecule has 6 aliphatic rings. The second kappa shape index (κ2) is 14.4. The van der Waals surface area contributed by atoms with Gasteiger partial charge in [0.05, 0.1) is 35.8 Å². The van der Waals surface area contributed by atoms with Crippen molar-refractivity contribution in [1.82, 2.24) is 30.0 Å². The summed E-state index contributed by atoms with van der Waals surface area (Å²) in [7, 11) is 0. The molecule has 0 aliphatic carbocycles. The van der Waals surface area contributed by atoms with E-state index in [-0.39, 0.29) is 24.2 Å². The van der Waals surface area contributed by atoms with Crippen LogP contribution in [0.4, 0.5) is 22.9 Å². The number of hydrogen-bond donors (Lipinski definition) is 1. The van der Waals surface area contributed by atoms with Crippen molar-refractivity contribution in [2.75, 3.05) is 73.6 Å². The molecule has 0 radical (unpaired) electrons. The fourth-order valence-electron chi connectivity index (χ4n) is 9.73. The lowest BCUT2D eigenvalue weighted by Gasteiger charge is -2.48. The van der Waals surface area contributed by atoms with Gasteiger partial charge in [0.25, 0.3) is 11.8 Å². The van der Waals surface area contributed by atoms with Crippen LogP contribution in [0, 0.1) is 12.0 Å². The molecule has 56 heavy (non-hydrogen) atoms. The van der Waals surface area contributed by atoms with Crippen molar-refractivity contribution in [2.45, 2.75) is 63.7 Å². The minimum absolute atomic E-state index is 0.0982. The Morgan fingerprint density at radius 1 is 0.893 bits per heavy atom. The molecule has 1 N–H and O–H groups in total. The number of benzene rings is 2. The van der Waals surface area contributed by atoms with Crippen LogP contribution in [0.15, 0.2) is 48.8 Å². The van der Waals surface area contributed by atoms with Gasteiger partial charge in [0, 0.05) is 100 Å². The molecule has 290 valence electrons. The number of imide groups is 2. The van der Waals surface area contributed by atoms with E-state index in [1.165, 1.54) is 0 Å². The molecule has 0 saturated carbocycles. The minimum Gasteiger partial charge on any atom is -0.369 e. The highest BCUT2D eigenvalue weighted by molar-refractivity contribution is 6.33. The summed E-state index contributed by atoms with van der Waals surface area (Å²) in [6.07, 6.45) is 7.46. The smallest absolute Gasteiger partial charge is 0.262 e. The quantitative estimate of drug-likeness (QED) is 0.277. The van der Waals surface area contributed by atoms with Crippen LogP contribution in [-0.2, 0) is 16.1 Å². The van der Waals surface area contributed by atoms with Gasteiger partial charge in [0.2, 0.25) is 17.5 Å². The van der Waals surface area contributed by atoms with Crippen LogP contribution in [0.3, 0.4) is 0 Å². The molecular formula is C41H45ClN10O4. The van der Waals surface area contributed by atoms with E-state index < -0.39 is 23.8 Å². The van der Waals surface area contributed by atoms with Crippen molar-refractivity contribution in [3.8, 4) is 0 Å². The molecule has 0 bridgehead atoms. The highest BCUT2D eigenvalue weighted by Gasteiger charge is 2.46. The van der Waals surface area contributed by atoms with Crippen molar-refractivity contribution < 1.29 is 19.2 Å². The molecule has 7 heterocycles. The highest BCUT2D eigenvalue weighted by Crippen LogP contribution is 2.46. The third kappa shape index (κ3) is 6.65. The number of halogens is 1. The summed E-state index contributed by atoms with van der Waals surface area (Å²) in [6, 6.07) is 11.1. The summed E-state index contributed by atoms with van der Waals surface area (Å²) < 4.78 is 0. The number of carbonyl (C=O) groups excluding carboxylic acids is 4. The molecule has 1 unspecified atom stereocenters. The number of likely N-dealkylation sites (tertiary alicyclic amines) is 1. The SMILES string of the molecule is [C-]#[N+]c1ccc(N2CC3(CCN(c4cnc(CN5CC(N6CCN(c7ccc8c(c7)C(=O)N(C7CCC(=O)NC7=O)C8=O)CC6)C5)cn4)CC3)C[C@@H]2C)cc1Cl. The Bertz CT molecular complexity index is 2120. The zero-order chi connectivity index (χ0) is 38.7. The van der Waals surface area contributed by atoms with Gasteiger partial charge in [-0.3, -0.25) is 44.2 Å². The molecule has 15 heteroatoms. The third-order valence-electron chi connectivity index (χ3n) is 12.9. The molecule has 6 aliphatic heterocycles. The average Bonchev–Trinajstić information content (AvgIpc) is 3.64. The van der Waals surface area contributed by atoms with Gasteiger partial charge in [0.15, 0.2) is 0 Å². The average molecular weight is 777 g/mol. The number of carbonyl (C=O) groups is 4. The molecule has 9 rings (SSSR count). The van der Waals surface area contributed by atoms with Crippen molar-refractivity contribution >= 4 is 58.1 Å². The van der Waals surface area contributed by atoms with E-state index in [1.807, 2.05) is 36.7 Å². The summed E-state index contributed by atoms with van der Waals surface area (Å²) in [5.74, 6) is -1.00. The number of fused-ring (bicyclic) bond motifs is 1. The molecule has 3 aromatic rings. The van der Waals surface area contributed by atoms with Gasteiger partial charge in [-0.2, -0.15) is 0 Å². The summed E-state index contributed by atoms with van der Waals surface area (Å²) in [5, 5.41) is 2.77. The van der Waals surface area contributed by atoms with Crippen LogP contribution in [0.25, 0.3) is 4.85 Å². The first-order chi connectivity index (χ1) is 27.1. The monoisotopic (exact) mass is 776 g/mol. The van der Waals surface area contributed by atoms with Crippen LogP contribution in [0.2, 0.25) is 5.02 Å². The summed E-state index contributed by atoms with van der Waals surface area (Å²) >= 11 is 6.38. The fraction of sp³-hybridized carbons (Fsp3) is 0.488. The number of nitrogens with one attached hydrogen (secondary N) is 1. The summed E-state index contributed by atoms with van der Waals surface area (Å²) in [6.45, 7) is 18.7. The largest absolute Gasteiger partial charge is 0.369 e. The number of hydrogen-bond acceptors (Lipinski definition) is 11. The maximum Gasteiger partial charge on any atom is 0.262 e. The molecule has 2 atom stereocenters. The third-order valence-corrected chi connectivity index (χ3v) is 13.2. The lowest BCUT2D eigenvalue weighted by Crippen LogP contribution is -2.62. The summed E-state index contributed by atoms with van der Waals surface area (Å²) in [4.78, 5) is 76.7. The number of piperazine rings is 1. The maximum atomic E-state index is 13.3. The Labute approximate surface area is 331 Å². The number of piperidine rings is 2. The van der Waals surface area contributed by atoms with E-state index in [4.69, 9.17) is 28.1 Å². The van der Waals surface area contributed by atoms with Gasteiger partial charge < -0.3 is 14.7 Å². The van der Waals surface area contributed by atoms with Crippen LogP contribution in [-0.4, -0.2) is 125 Å². The number of anilines is 3. The molecule has 4 amide bonds. The van der Waals surface area contributed by atoms with Gasteiger partial charge in [-0.05, 0) is 68.4 Å². The molecule has 5 fully saturated rings. The molecule has 1 aromatic heterocycles. The van der Waals surface area contributed by atoms with Crippen LogP contribution in [0.5, 0.6) is 0 Å². The van der Waals surface area contributed by atoms with Gasteiger partial charge >= 0.3 is 0 Å². The molecule has 1 spiro atoms. The Balaban J connectivity index is 0.724. The number of aromatic nitrogens is 2. The molecular weight excluding hydrogens is 732 g/mol. The Morgan fingerprint density at radius 2 is 1.64 bits per heavy atom. The summed E-state index contributed by atoms with van der Waals surface area (Å²) in [5.41, 5.74) is 4.35. The van der Waals surface area contributed by atoms with Gasteiger partial charge in [0.1, 0.15) is 11.9 Å². The molecule has 2 aromatic carbocycles. The van der Waals surface area contributed by atoms with Crippen LogP contribution in [0.1, 0.15) is 65.4 Å². The van der Waals surface area contributed by atoms with Crippen molar-refractivity contribution in [2.24, 2.45) is 5.41 Å². The Hall–Kier alpha value is -5.10. The number of amides is 4. The van der Waals surface area contributed by atoms with Crippen molar-refractivity contribution in [3.63, 3.8) is 0 Å². The van der Waals surface area contributed by atoms with E-state index in [1.54, 1.807) is 12.1 Å². The standard InChI is InChI=1S/C41H45ClN10O4/c1-26-19-41(25-51(26)29-4-6-34(43-2)33(42)18-29)9-11-50(12-10-41)36-21-44-27(20-45-36)22-47-23-30(24-47)49-15-13-48(14-16-49)28-3-5-31-32(17-28)40(56)52(39(31)55)35-7-8-37(53)46-38(35)54/h3-6,17-18,20-21,26,30,35H,7-16,19,22-25H2,1H3,(H,46,53,54)/t26-,35?/m0/s1. The van der Waals surface area contributed by atoms with Crippen LogP contribution < -0.4 is 20.0 Å². The molecule has 5 saturated heterocycles. The zero-order valence-corrected chi connectivity index (χ0v) is 32.2. The normalized spacial score (nSPS) is 24.4. The Kier molecular flexibility index (Phi) is 9.42. The lowest BCUT2D eigenvalue weighted by atomic mass is 9.77. The van der Waals surface area contributed by atoms with E-state index in [2.05, 4.69) is 41.6 Å². The fourth-order valence-corrected chi connectivity index (χ4v) is 9.94. The van der Waals surface area contributed by atoms with Crippen molar-refractivity contribution in [3.05, 3.63) is 82.1 Å². The number of rotatable bonds is 7. The topological polar surface area (TPSA) is 130 Å². The van der Waals surface area contributed by atoms with Gasteiger partial charge in [-0.15, -0.1) is 0 Å².